The molecular weight excluding hydrogens is 240 g/mol. The summed E-state index contributed by atoms with van der Waals surface area (Å²) in [4.78, 5) is 1.94. The number of nitrogens with one attached hydrogen (secondary N) is 1. The van der Waals surface area contributed by atoms with Crippen LogP contribution in [0.3, 0.4) is 0 Å². The largest absolute Gasteiger partial charge is 0.315 e. The third-order valence-corrected chi connectivity index (χ3v) is 4.19. The van der Waals surface area contributed by atoms with Gasteiger partial charge in [0.2, 0.25) is 0 Å². The van der Waals surface area contributed by atoms with Gasteiger partial charge in [-0.05, 0) is 26.0 Å². The third-order valence-electron chi connectivity index (χ3n) is 2.62. The lowest BCUT2D eigenvalue weighted by atomic mass is 10.1. The summed E-state index contributed by atoms with van der Waals surface area (Å²) < 4.78 is 0.629. The van der Waals surface area contributed by atoms with Crippen LogP contribution in [0.15, 0.2) is 30.3 Å². The van der Waals surface area contributed by atoms with Crippen molar-refractivity contribution in [3.8, 4) is 0 Å². The summed E-state index contributed by atoms with van der Waals surface area (Å²) in [6.07, 6.45) is -0.201. The number of nitrogens with zero attached hydrogens (tertiary/aromatic N) is 1. The molecule has 1 fully saturated rings. The predicted octanol–water partition coefficient (Wildman–Crippen LogP) is 2.61. The number of anilines is 1. The topological polar surface area (TPSA) is 35.5 Å². The van der Waals surface area contributed by atoms with Gasteiger partial charge >= 0.3 is 0 Å². The lowest BCUT2D eigenvalue weighted by Crippen LogP contribution is -2.50. The number of hydrogen-bond acceptors (Lipinski definition) is 4. The number of benzene rings is 1. The van der Waals surface area contributed by atoms with Crippen molar-refractivity contribution in [2.24, 2.45) is 0 Å². The zero-order valence-electron chi connectivity index (χ0n) is 9.18. The van der Waals surface area contributed by atoms with Crippen LogP contribution in [0.2, 0.25) is 0 Å². The number of thiocarbonyl (C=S) groups is 1. The molecule has 1 aliphatic rings. The van der Waals surface area contributed by atoms with Gasteiger partial charge in [-0.2, -0.15) is 5.48 Å². The first-order chi connectivity index (χ1) is 7.56. The number of hydrogen-bond donors (Lipinski definition) is 2. The smallest absolute Gasteiger partial charge is 0.142 e. The molecule has 0 spiro atoms. The molecule has 0 unspecified atom stereocenters. The maximum atomic E-state index is 9.29. The highest BCUT2D eigenvalue weighted by molar-refractivity contribution is 8.24. The van der Waals surface area contributed by atoms with E-state index >= 15 is 0 Å². The number of para-hydroxylation sites is 1. The van der Waals surface area contributed by atoms with E-state index in [2.05, 4.69) is 19.3 Å². The van der Waals surface area contributed by atoms with Crippen LogP contribution in [0.5, 0.6) is 0 Å². The molecule has 16 heavy (non-hydrogen) atoms. The molecule has 0 radical (unpaired) electrons. The van der Waals surface area contributed by atoms with Crippen LogP contribution in [-0.4, -0.2) is 20.4 Å². The summed E-state index contributed by atoms with van der Waals surface area (Å²) in [7, 11) is 0. The van der Waals surface area contributed by atoms with Gasteiger partial charge in [-0.25, -0.2) is 0 Å². The second kappa shape index (κ2) is 4.33. The first-order valence-electron chi connectivity index (χ1n) is 5.03. The van der Waals surface area contributed by atoms with Gasteiger partial charge in [0.1, 0.15) is 10.5 Å². The highest BCUT2D eigenvalue weighted by Crippen LogP contribution is 2.42. The molecule has 1 aromatic carbocycles. The fraction of sp³-hybridized carbons (Fsp3) is 0.364. The zero-order chi connectivity index (χ0) is 11.8. The minimum atomic E-state index is -0.201. The van der Waals surface area contributed by atoms with Crippen molar-refractivity contribution < 1.29 is 5.21 Å². The van der Waals surface area contributed by atoms with E-state index in [1.807, 2.05) is 35.2 Å². The Morgan fingerprint density at radius 3 is 2.56 bits per heavy atom. The Kier molecular flexibility index (Phi) is 3.21. The van der Waals surface area contributed by atoms with E-state index in [1.165, 1.54) is 0 Å². The average Bonchev–Trinajstić information content (AvgIpc) is 2.48. The minimum Gasteiger partial charge on any atom is -0.315 e. The molecule has 0 aromatic heterocycles. The molecule has 1 aromatic rings. The van der Waals surface area contributed by atoms with E-state index in [0.29, 0.717) is 0 Å². The van der Waals surface area contributed by atoms with Crippen molar-refractivity contribution in [3.05, 3.63) is 30.3 Å². The van der Waals surface area contributed by atoms with Crippen molar-refractivity contribution in [1.82, 2.24) is 5.48 Å². The first kappa shape index (κ1) is 11.9. The quantitative estimate of drug-likeness (QED) is 0.626. The molecule has 3 nitrogen and oxygen atoms in total. The molecule has 86 valence electrons. The van der Waals surface area contributed by atoms with Gasteiger partial charge in [-0.15, -0.1) is 0 Å². The minimum absolute atomic E-state index is 0.151. The highest BCUT2D eigenvalue weighted by Gasteiger charge is 2.44. The normalized spacial score (nSPS) is 23.8. The second-order valence-electron chi connectivity index (χ2n) is 4.21. The van der Waals surface area contributed by atoms with Gasteiger partial charge in [0.25, 0.3) is 0 Å². The summed E-state index contributed by atoms with van der Waals surface area (Å²) in [5.74, 6) is 0. The average molecular weight is 254 g/mol. The predicted molar refractivity (Wildman–Crippen MR) is 71.9 cm³/mol. The molecule has 1 aliphatic heterocycles. The molecule has 1 saturated heterocycles. The van der Waals surface area contributed by atoms with E-state index in [4.69, 9.17) is 12.2 Å². The van der Waals surface area contributed by atoms with Crippen molar-refractivity contribution >= 4 is 34.0 Å². The van der Waals surface area contributed by atoms with Crippen LogP contribution < -0.4 is 10.4 Å². The Balaban J connectivity index is 2.37. The fourth-order valence-corrected chi connectivity index (χ4v) is 3.69. The van der Waals surface area contributed by atoms with Gasteiger partial charge in [-0.1, -0.05) is 42.2 Å². The Hall–Kier alpha value is -0.620. The molecular formula is C11H14N2OS2. The van der Waals surface area contributed by atoms with Gasteiger partial charge in [0, 0.05) is 5.69 Å². The summed E-state index contributed by atoms with van der Waals surface area (Å²) in [5.41, 5.74) is 3.35. The van der Waals surface area contributed by atoms with Crippen LogP contribution in [-0.2, 0) is 0 Å². The van der Waals surface area contributed by atoms with E-state index in [0.717, 1.165) is 10.0 Å². The molecule has 2 rings (SSSR count). The monoisotopic (exact) mass is 254 g/mol. The number of hydroxylamine groups is 1. The molecule has 0 saturated carbocycles. The third kappa shape index (κ3) is 1.96. The number of rotatable bonds is 2. The highest BCUT2D eigenvalue weighted by atomic mass is 32.2. The van der Waals surface area contributed by atoms with Crippen LogP contribution in [0.25, 0.3) is 0 Å². The Morgan fingerprint density at radius 1 is 1.38 bits per heavy atom. The lowest BCUT2D eigenvalue weighted by molar-refractivity contribution is 0.118. The van der Waals surface area contributed by atoms with Crippen molar-refractivity contribution in [1.29, 1.82) is 0 Å². The molecule has 0 bridgehead atoms. The number of thioether (sulfide) groups is 1. The van der Waals surface area contributed by atoms with Crippen molar-refractivity contribution in [3.63, 3.8) is 0 Å². The molecule has 0 amide bonds. The van der Waals surface area contributed by atoms with Crippen LogP contribution in [0.1, 0.15) is 13.8 Å². The molecule has 1 atom stereocenters. The Labute approximate surface area is 105 Å². The first-order valence-corrected chi connectivity index (χ1v) is 6.25. The standard InChI is InChI=1S/C11H14N2OS2/c1-11(2)9(12-14)13(10(15)16-11)8-6-4-3-5-7-8/h3-7,9,12,14H,1-2H3/t9-/m0/s1. The SMILES string of the molecule is CC1(C)SC(=S)N(c2ccccc2)[C@@H]1NO. The van der Waals surface area contributed by atoms with Gasteiger partial charge in [-0.3, -0.25) is 0 Å². The van der Waals surface area contributed by atoms with Gasteiger partial charge in [0.05, 0.1) is 4.75 Å². The maximum Gasteiger partial charge on any atom is 0.142 e. The van der Waals surface area contributed by atoms with Gasteiger partial charge in [0.15, 0.2) is 0 Å². The van der Waals surface area contributed by atoms with E-state index in [9.17, 15) is 5.21 Å². The van der Waals surface area contributed by atoms with Crippen LogP contribution >= 0.6 is 24.0 Å². The summed E-state index contributed by atoms with van der Waals surface area (Å²) >= 11 is 6.95. The van der Waals surface area contributed by atoms with E-state index < -0.39 is 0 Å². The molecule has 0 aliphatic carbocycles. The Morgan fingerprint density at radius 2 is 2.00 bits per heavy atom. The second-order valence-corrected chi connectivity index (χ2v) is 6.50. The van der Waals surface area contributed by atoms with E-state index in [1.54, 1.807) is 11.8 Å². The zero-order valence-corrected chi connectivity index (χ0v) is 10.8. The summed E-state index contributed by atoms with van der Waals surface area (Å²) in [6.45, 7) is 4.11. The fourth-order valence-electron chi connectivity index (χ4n) is 1.80. The van der Waals surface area contributed by atoms with Crippen LogP contribution in [0, 0.1) is 0 Å². The molecule has 2 N–H and O–H groups in total. The summed E-state index contributed by atoms with van der Waals surface area (Å²) in [5, 5.41) is 9.29. The molecule has 1 heterocycles. The lowest BCUT2D eigenvalue weighted by Gasteiger charge is -2.30. The molecule has 5 heteroatoms. The maximum absolute atomic E-state index is 9.29. The van der Waals surface area contributed by atoms with E-state index in [-0.39, 0.29) is 10.9 Å². The van der Waals surface area contributed by atoms with Crippen LogP contribution in [0.4, 0.5) is 5.69 Å². The Bertz CT molecular complexity index is 394. The summed E-state index contributed by atoms with van der Waals surface area (Å²) in [6, 6.07) is 9.85. The van der Waals surface area contributed by atoms with Crippen molar-refractivity contribution in [2.75, 3.05) is 4.90 Å². The van der Waals surface area contributed by atoms with Gasteiger partial charge < -0.3 is 10.1 Å². The van der Waals surface area contributed by atoms with Crippen molar-refractivity contribution in [2.45, 2.75) is 24.8 Å².